The van der Waals surface area contributed by atoms with Crippen LogP contribution in [0.3, 0.4) is 0 Å². The number of carbonyl (C=O) groups is 4. The average molecular weight is 711 g/mol. The molecule has 1 aliphatic heterocycles. The molecule has 3 aromatic rings. The molecule has 1 fully saturated rings. The summed E-state index contributed by atoms with van der Waals surface area (Å²) in [5.41, 5.74) is 0.785. The fourth-order valence-electron chi connectivity index (χ4n) is 5.85. The van der Waals surface area contributed by atoms with Gasteiger partial charge in [0, 0.05) is 75.4 Å². The first kappa shape index (κ1) is 39.0. The lowest BCUT2D eigenvalue weighted by Gasteiger charge is -2.31. The number of aromatic nitrogens is 1. The number of esters is 2. The summed E-state index contributed by atoms with van der Waals surface area (Å²) in [5, 5.41) is 7.44. The van der Waals surface area contributed by atoms with E-state index >= 15 is 0 Å². The molecule has 50 heavy (non-hydrogen) atoms. The van der Waals surface area contributed by atoms with Crippen molar-refractivity contribution in [3.63, 3.8) is 0 Å². The van der Waals surface area contributed by atoms with Gasteiger partial charge in [-0.1, -0.05) is 19.1 Å². The molecular formula is C36H50N6O7S. The molecule has 4 rings (SSSR count). The van der Waals surface area contributed by atoms with Gasteiger partial charge in [0.2, 0.25) is 5.91 Å². The fraction of sp³-hybridized carbons (Fsp3) is 0.556. The first-order valence-electron chi connectivity index (χ1n) is 17.4. The Morgan fingerprint density at radius 2 is 1.48 bits per heavy atom. The van der Waals surface area contributed by atoms with Crippen LogP contribution in [0.25, 0.3) is 20.3 Å². The summed E-state index contributed by atoms with van der Waals surface area (Å²) in [6.07, 6.45) is 0.122. The summed E-state index contributed by atoms with van der Waals surface area (Å²) in [6.45, 7) is 13.1. The molecule has 1 aliphatic rings. The van der Waals surface area contributed by atoms with Crippen molar-refractivity contribution in [3.05, 3.63) is 52.3 Å². The van der Waals surface area contributed by atoms with Crippen LogP contribution in [-0.2, 0) is 35.2 Å². The number of hydrogen-bond acceptors (Lipinski definition) is 13. The quantitative estimate of drug-likeness (QED) is 0.198. The maximum Gasteiger partial charge on any atom is 0.328 e. The molecule has 0 unspecified atom stereocenters. The normalized spacial score (nSPS) is 17.0. The highest BCUT2D eigenvalue weighted by Gasteiger charge is 2.23. The Balaban J connectivity index is 1.50. The van der Waals surface area contributed by atoms with Crippen molar-refractivity contribution >= 4 is 55.3 Å². The van der Waals surface area contributed by atoms with E-state index in [1.807, 2.05) is 36.4 Å². The summed E-state index contributed by atoms with van der Waals surface area (Å²) in [5.74, 6) is -1.61. The lowest BCUT2D eigenvalue weighted by atomic mass is 10.0. The van der Waals surface area contributed by atoms with E-state index in [1.54, 1.807) is 27.7 Å². The number of ether oxygens (including phenoxy) is 2. The third-order valence-corrected chi connectivity index (χ3v) is 9.65. The number of hydrogen-bond donors (Lipinski definition) is 2. The van der Waals surface area contributed by atoms with E-state index in [-0.39, 0.29) is 55.8 Å². The van der Waals surface area contributed by atoms with Crippen LogP contribution >= 0.6 is 11.3 Å². The number of pyridine rings is 1. The minimum absolute atomic E-state index is 0.0169. The Morgan fingerprint density at radius 1 is 0.840 bits per heavy atom. The highest BCUT2D eigenvalue weighted by atomic mass is 32.1. The zero-order valence-electron chi connectivity index (χ0n) is 29.6. The second-order valence-electron chi connectivity index (χ2n) is 12.6. The van der Waals surface area contributed by atoms with Gasteiger partial charge in [-0.15, -0.1) is 11.3 Å². The van der Waals surface area contributed by atoms with E-state index < -0.39 is 17.9 Å². The van der Waals surface area contributed by atoms with Gasteiger partial charge < -0.3 is 20.1 Å². The van der Waals surface area contributed by atoms with E-state index in [0.29, 0.717) is 74.5 Å². The van der Waals surface area contributed by atoms with E-state index in [9.17, 15) is 24.0 Å². The van der Waals surface area contributed by atoms with Crippen molar-refractivity contribution in [1.29, 1.82) is 0 Å². The van der Waals surface area contributed by atoms with Crippen LogP contribution in [0.15, 0.2) is 41.2 Å². The number of nitrogens with zero attached hydrogens (tertiary/aromatic N) is 4. The number of Topliss-reactive ketones (excluding diaryl/α,β-unsaturated/α-hetero) is 1. The van der Waals surface area contributed by atoms with Gasteiger partial charge in [0.05, 0.1) is 43.3 Å². The van der Waals surface area contributed by atoms with Crippen molar-refractivity contribution < 1.29 is 28.7 Å². The molecular weight excluding hydrogens is 660 g/mol. The number of rotatable bonds is 13. The maximum atomic E-state index is 13.2. The summed E-state index contributed by atoms with van der Waals surface area (Å²) < 4.78 is 11.0. The van der Waals surface area contributed by atoms with Crippen molar-refractivity contribution in [1.82, 2.24) is 30.3 Å². The zero-order chi connectivity index (χ0) is 36.0. The lowest BCUT2D eigenvalue weighted by molar-refractivity contribution is -0.149. The maximum absolute atomic E-state index is 13.2. The molecule has 0 saturated carbocycles. The summed E-state index contributed by atoms with van der Waals surface area (Å²) >= 11 is 1.49. The van der Waals surface area contributed by atoms with Gasteiger partial charge in [0.15, 0.2) is 5.43 Å². The molecule has 2 aromatic heterocycles. The van der Waals surface area contributed by atoms with Crippen LogP contribution < -0.4 is 16.1 Å². The molecule has 1 amide bonds. The van der Waals surface area contributed by atoms with Gasteiger partial charge in [-0.05, 0) is 45.0 Å². The average Bonchev–Trinajstić information content (AvgIpc) is 3.08. The lowest BCUT2D eigenvalue weighted by Crippen LogP contribution is -2.49. The van der Waals surface area contributed by atoms with Crippen molar-refractivity contribution in [2.75, 3.05) is 78.7 Å². The molecule has 14 heteroatoms. The van der Waals surface area contributed by atoms with Gasteiger partial charge in [-0.25, -0.2) is 9.78 Å². The SMILES string of the molecule is CCOC(=O)[C@H](C)CC(=O)CN1CCNCCN(CC(=O)N[C@@H](C)C(=O)OCC)CCN(Cc2ccc3c(=O)c4ccccc4sc3n2)CC1. The monoisotopic (exact) mass is 710 g/mol. The van der Waals surface area contributed by atoms with Crippen molar-refractivity contribution in [3.8, 4) is 0 Å². The Morgan fingerprint density at radius 3 is 2.18 bits per heavy atom. The Labute approximate surface area is 297 Å². The molecule has 0 radical (unpaired) electrons. The number of ketones is 1. The molecule has 2 atom stereocenters. The minimum Gasteiger partial charge on any atom is -0.466 e. The van der Waals surface area contributed by atoms with Crippen LogP contribution in [0.4, 0.5) is 0 Å². The van der Waals surface area contributed by atoms with Crippen LogP contribution in [0.1, 0.15) is 39.8 Å². The van der Waals surface area contributed by atoms with Crippen molar-refractivity contribution in [2.45, 2.75) is 46.7 Å². The third-order valence-electron chi connectivity index (χ3n) is 8.57. The van der Waals surface area contributed by atoms with Crippen LogP contribution in [0.5, 0.6) is 0 Å². The fourth-order valence-corrected chi connectivity index (χ4v) is 6.91. The highest BCUT2D eigenvalue weighted by Crippen LogP contribution is 2.23. The Kier molecular flexibility index (Phi) is 15.2. The predicted octanol–water partition coefficient (Wildman–Crippen LogP) is 2.05. The second kappa shape index (κ2) is 19.5. The van der Waals surface area contributed by atoms with Crippen LogP contribution in [-0.4, -0.2) is 128 Å². The molecule has 2 N–H and O–H groups in total. The number of benzene rings is 1. The van der Waals surface area contributed by atoms with Crippen molar-refractivity contribution in [2.24, 2.45) is 5.92 Å². The van der Waals surface area contributed by atoms with E-state index in [1.165, 1.54) is 11.3 Å². The number of amides is 1. The molecule has 0 aliphatic carbocycles. The number of nitrogens with one attached hydrogen (secondary N) is 2. The Bertz CT molecular complexity index is 1630. The molecule has 1 aromatic carbocycles. The summed E-state index contributed by atoms with van der Waals surface area (Å²) in [4.78, 5) is 75.3. The van der Waals surface area contributed by atoms with E-state index in [2.05, 4.69) is 25.3 Å². The summed E-state index contributed by atoms with van der Waals surface area (Å²) in [6, 6.07) is 10.5. The van der Waals surface area contributed by atoms with Gasteiger partial charge in [0.25, 0.3) is 0 Å². The molecule has 0 bridgehead atoms. The van der Waals surface area contributed by atoms with Gasteiger partial charge in [-0.2, -0.15) is 0 Å². The van der Waals surface area contributed by atoms with E-state index in [0.717, 1.165) is 10.4 Å². The standard InChI is InChI=1S/C36H50N6O7S/c1-5-48-35(46)25(3)21-28(43)23-40-15-13-37-14-16-41(24-32(44)38-26(4)36(47)49-6-2)18-20-42(19-17-40)22-27-11-12-30-33(45)29-9-7-8-10-31(29)50-34(30)39-27/h7-12,25-26,37H,5-6,13-24H2,1-4H3,(H,38,44)/t25-,26+/m1/s1. The zero-order valence-corrected chi connectivity index (χ0v) is 30.4. The second-order valence-corrected chi connectivity index (χ2v) is 13.6. The highest BCUT2D eigenvalue weighted by molar-refractivity contribution is 7.24. The predicted molar refractivity (Wildman–Crippen MR) is 194 cm³/mol. The van der Waals surface area contributed by atoms with Crippen LogP contribution in [0.2, 0.25) is 0 Å². The minimum atomic E-state index is -0.745. The first-order chi connectivity index (χ1) is 24.1. The van der Waals surface area contributed by atoms with Gasteiger partial charge >= 0.3 is 11.9 Å². The first-order valence-corrected chi connectivity index (χ1v) is 18.2. The molecule has 3 heterocycles. The summed E-state index contributed by atoms with van der Waals surface area (Å²) in [7, 11) is 0. The third kappa shape index (κ3) is 11.6. The van der Waals surface area contributed by atoms with Gasteiger partial charge in [-0.3, -0.25) is 33.9 Å². The molecule has 13 nitrogen and oxygen atoms in total. The number of fused-ring (bicyclic) bond motifs is 2. The topological polar surface area (TPSA) is 150 Å². The van der Waals surface area contributed by atoms with Gasteiger partial charge in [0.1, 0.15) is 16.7 Å². The molecule has 1 saturated heterocycles. The molecule has 272 valence electrons. The number of carbonyl (C=O) groups excluding carboxylic acids is 4. The Hall–Kier alpha value is -3.82. The largest absolute Gasteiger partial charge is 0.466 e. The van der Waals surface area contributed by atoms with E-state index in [4.69, 9.17) is 14.5 Å². The van der Waals surface area contributed by atoms with Crippen LogP contribution in [0, 0.1) is 5.92 Å². The smallest absolute Gasteiger partial charge is 0.328 e. The molecule has 0 spiro atoms.